The Morgan fingerprint density at radius 2 is 1.83 bits per heavy atom. The molecule has 2 aromatic rings. The maximum absolute atomic E-state index is 13.5. The number of hydrogen-bond acceptors (Lipinski definition) is 3. The van der Waals surface area contributed by atoms with Crippen molar-refractivity contribution in [2.75, 3.05) is 11.4 Å². The molecule has 158 valence electrons. The van der Waals surface area contributed by atoms with Crippen LogP contribution in [-0.2, 0) is 15.4 Å². The predicted molar refractivity (Wildman–Crippen MR) is 120 cm³/mol. The summed E-state index contributed by atoms with van der Waals surface area (Å²) >= 11 is 3.60. The number of fused-ring (bicyclic) bond motifs is 2. The number of anilines is 1. The molecule has 0 aromatic heterocycles. The summed E-state index contributed by atoms with van der Waals surface area (Å²) in [4.78, 5) is 15.5. The maximum atomic E-state index is 13.5. The third-order valence-corrected chi connectivity index (χ3v) is 8.64. The number of nitrogens with one attached hydrogen (secondary N) is 1. The molecule has 30 heavy (non-hydrogen) atoms. The standard InChI is InChI=1S/C23H25BrN2O3S/c24-17-7-10-21-20(14-17)23(11-2-1-3-12-23)15-26(21)22(27)16-5-4-6-19(13-16)30(28,29)25-18-8-9-18/h4-7,10,13-14,18,25H,1-3,8-9,11-12,15H2. The van der Waals surface area contributed by atoms with Gasteiger partial charge in [-0.25, -0.2) is 13.1 Å². The Kier molecular flexibility index (Phi) is 5.03. The maximum Gasteiger partial charge on any atom is 0.258 e. The average Bonchev–Trinajstić information content (AvgIpc) is 3.50. The van der Waals surface area contributed by atoms with E-state index in [9.17, 15) is 13.2 Å². The van der Waals surface area contributed by atoms with Crippen molar-refractivity contribution in [3.63, 3.8) is 0 Å². The van der Waals surface area contributed by atoms with Crippen molar-refractivity contribution in [1.82, 2.24) is 4.72 Å². The molecule has 2 fully saturated rings. The molecule has 0 unspecified atom stereocenters. The van der Waals surface area contributed by atoms with Gasteiger partial charge in [-0.3, -0.25) is 4.79 Å². The molecule has 2 saturated carbocycles. The summed E-state index contributed by atoms with van der Waals surface area (Å²) in [5.41, 5.74) is 2.61. The topological polar surface area (TPSA) is 66.5 Å². The minimum absolute atomic E-state index is 0.00421. The molecule has 1 spiro atoms. The summed E-state index contributed by atoms with van der Waals surface area (Å²) in [6.45, 7) is 0.662. The van der Waals surface area contributed by atoms with Crippen molar-refractivity contribution in [1.29, 1.82) is 0 Å². The van der Waals surface area contributed by atoms with Gasteiger partial charge in [0.2, 0.25) is 10.0 Å². The molecule has 5 rings (SSSR count). The van der Waals surface area contributed by atoms with Crippen LogP contribution in [0, 0.1) is 0 Å². The van der Waals surface area contributed by atoms with Crippen LogP contribution >= 0.6 is 15.9 Å². The molecule has 2 aromatic carbocycles. The van der Waals surface area contributed by atoms with Crippen LogP contribution in [0.25, 0.3) is 0 Å². The van der Waals surface area contributed by atoms with Gasteiger partial charge < -0.3 is 4.90 Å². The Labute approximate surface area is 186 Å². The highest BCUT2D eigenvalue weighted by atomic mass is 79.9. The van der Waals surface area contributed by atoms with E-state index in [0.29, 0.717) is 12.1 Å². The largest absolute Gasteiger partial charge is 0.307 e. The molecule has 0 atom stereocenters. The van der Waals surface area contributed by atoms with E-state index in [1.54, 1.807) is 18.2 Å². The van der Waals surface area contributed by atoms with Gasteiger partial charge in [-0.2, -0.15) is 0 Å². The Balaban J connectivity index is 1.49. The Morgan fingerprint density at radius 1 is 1.07 bits per heavy atom. The summed E-state index contributed by atoms with van der Waals surface area (Å²) in [5.74, 6) is -0.135. The number of hydrogen-bond donors (Lipinski definition) is 1. The molecule has 1 aliphatic heterocycles. The van der Waals surface area contributed by atoms with Gasteiger partial charge in [0.05, 0.1) is 4.90 Å². The van der Waals surface area contributed by atoms with Gasteiger partial charge >= 0.3 is 0 Å². The predicted octanol–water partition coefficient (Wildman–Crippen LogP) is 4.75. The first kappa shape index (κ1) is 20.2. The third-order valence-electron chi connectivity index (χ3n) is 6.63. The Morgan fingerprint density at radius 3 is 2.57 bits per heavy atom. The van der Waals surface area contributed by atoms with Gasteiger partial charge in [0.25, 0.3) is 5.91 Å². The SMILES string of the molecule is O=C(c1cccc(S(=O)(=O)NC2CC2)c1)N1CC2(CCCCC2)c2cc(Br)ccc21. The lowest BCUT2D eigenvalue weighted by molar-refractivity contribution is 0.0982. The molecule has 0 bridgehead atoms. The first-order valence-electron chi connectivity index (χ1n) is 10.6. The van der Waals surface area contributed by atoms with Crippen LogP contribution in [0.3, 0.4) is 0 Å². The summed E-state index contributed by atoms with van der Waals surface area (Å²) in [6, 6.07) is 12.6. The fourth-order valence-electron chi connectivity index (χ4n) is 4.92. The van der Waals surface area contributed by atoms with E-state index in [1.807, 2.05) is 17.0 Å². The fraction of sp³-hybridized carbons (Fsp3) is 0.435. The van der Waals surface area contributed by atoms with Crippen LogP contribution in [0.2, 0.25) is 0 Å². The van der Waals surface area contributed by atoms with Crippen molar-refractivity contribution >= 4 is 37.5 Å². The Hall–Kier alpha value is -1.70. The van der Waals surface area contributed by atoms with Crippen molar-refractivity contribution in [3.05, 3.63) is 58.1 Å². The van der Waals surface area contributed by atoms with Gasteiger partial charge in [0, 0.05) is 33.7 Å². The summed E-state index contributed by atoms with van der Waals surface area (Å²) in [6.07, 6.45) is 7.51. The smallest absolute Gasteiger partial charge is 0.258 e. The highest BCUT2D eigenvalue weighted by Crippen LogP contribution is 2.50. The first-order chi connectivity index (χ1) is 14.4. The number of benzene rings is 2. The number of amides is 1. The fourth-order valence-corrected chi connectivity index (χ4v) is 6.63. The molecule has 2 aliphatic carbocycles. The Bertz CT molecular complexity index is 1110. The number of halogens is 1. The molecule has 1 N–H and O–H groups in total. The van der Waals surface area contributed by atoms with E-state index in [4.69, 9.17) is 0 Å². The molecule has 1 heterocycles. The summed E-state index contributed by atoms with van der Waals surface area (Å²) in [7, 11) is -3.60. The molecule has 1 amide bonds. The second-order valence-corrected chi connectivity index (χ2v) is 11.4. The quantitative estimate of drug-likeness (QED) is 0.674. The second-order valence-electron chi connectivity index (χ2n) is 8.82. The van der Waals surface area contributed by atoms with Crippen molar-refractivity contribution in [2.24, 2.45) is 0 Å². The van der Waals surface area contributed by atoms with E-state index in [-0.39, 0.29) is 22.3 Å². The zero-order valence-corrected chi connectivity index (χ0v) is 19.1. The molecule has 0 saturated heterocycles. The number of carbonyl (C=O) groups excluding carboxylic acids is 1. The van der Waals surface area contributed by atoms with E-state index in [2.05, 4.69) is 26.7 Å². The summed E-state index contributed by atoms with van der Waals surface area (Å²) < 4.78 is 29.0. The zero-order valence-electron chi connectivity index (χ0n) is 16.7. The molecule has 5 nitrogen and oxygen atoms in total. The van der Waals surface area contributed by atoms with E-state index in [0.717, 1.165) is 35.8 Å². The molecule has 3 aliphatic rings. The van der Waals surface area contributed by atoms with Gasteiger partial charge in [0.1, 0.15) is 0 Å². The first-order valence-corrected chi connectivity index (χ1v) is 12.9. The lowest BCUT2D eigenvalue weighted by atomic mass is 9.71. The van der Waals surface area contributed by atoms with Gasteiger partial charge in [-0.05, 0) is 67.6 Å². The number of rotatable bonds is 4. The second kappa shape index (κ2) is 7.46. The van der Waals surface area contributed by atoms with Gasteiger partial charge in [-0.1, -0.05) is 41.3 Å². The average molecular weight is 489 g/mol. The van der Waals surface area contributed by atoms with Crippen LogP contribution in [-0.4, -0.2) is 26.9 Å². The van der Waals surface area contributed by atoms with Crippen LogP contribution in [0.1, 0.15) is 60.9 Å². The summed E-state index contributed by atoms with van der Waals surface area (Å²) in [5, 5.41) is 0. The van der Waals surface area contributed by atoms with Crippen LogP contribution in [0.4, 0.5) is 5.69 Å². The number of sulfonamides is 1. The van der Waals surface area contributed by atoms with Crippen molar-refractivity contribution < 1.29 is 13.2 Å². The minimum Gasteiger partial charge on any atom is -0.307 e. The lowest BCUT2D eigenvalue weighted by Crippen LogP contribution is -2.38. The highest BCUT2D eigenvalue weighted by molar-refractivity contribution is 9.10. The minimum atomic E-state index is -3.60. The third kappa shape index (κ3) is 3.61. The normalized spacial score (nSPS) is 20.4. The number of carbonyl (C=O) groups is 1. The number of nitrogens with zero attached hydrogens (tertiary/aromatic N) is 1. The zero-order chi connectivity index (χ0) is 20.9. The van der Waals surface area contributed by atoms with E-state index < -0.39 is 10.0 Å². The molecular weight excluding hydrogens is 464 g/mol. The van der Waals surface area contributed by atoms with Gasteiger partial charge in [0.15, 0.2) is 0 Å². The van der Waals surface area contributed by atoms with E-state index >= 15 is 0 Å². The van der Waals surface area contributed by atoms with Crippen LogP contribution in [0.5, 0.6) is 0 Å². The lowest BCUT2D eigenvalue weighted by Gasteiger charge is -2.34. The monoisotopic (exact) mass is 488 g/mol. The van der Waals surface area contributed by atoms with Gasteiger partial charge in [-0.15, -0.1) is 0 Å². The van der Waals surface area contributed by atoms with E-state index in [1.165, 1.54) is 30.9 Å². The molecular formula is C23H25BrN2O3S. The van der Waals surface area contributed by atoms with Crippen LogP contribution in [0.15, 0.2) is 51.8 Å². The van der Waals surface area contributed by atoms with Crippen LogP contribution < -0.4 is 9.62 Å². The van der Waals surface area contributed by atoms with Crippen molar-refractivity contribution in [2.45, 2.75) is 61.3 Å². The highest BCUT2D eigenvalue weighted by Gasteiger charge is 2.45. The molecule has 0 radical (unpaired) electrons. The van der Waals surface area contributed by atoms with Crippen molar-refractivity contribution in [3.8, 4) is 0 Å². The molecule has 7 heteroatoms.